The molecule has 0 unspecified atom stereocenters. The molecule has 4 nitrogen and oxygen atoms in total. The molecule has 234 valence electrons. The van der Waals surface area contributed by atoms with Crippen LogP contribution in [0.3, 0.4) is 0 Å². The van der Waals surface area contributed by atoms with E-state index in [2.05, 4.69) is 107 Å². The molecule has 0 fully saturated rings. The van der Waals surface area contributed by atoms with Crippen LogP contribution in [0.4, 0.5) is 0 Å². The van der Waals surface area contributed by atoms with E-state index in [1.807, 2.05) is 85.2 Å². The molecule has 0 amide bonds. The van der Waals surface area contributed by atoms with Gasteiger partial charge in [-0.15, -0.1) is 0 Å². The quantitative estimate of drug-likeness (QED) is 0.170. The minimum absolute atomic E-state index is 0.711. The van der Waals surface area contributed by atoms with Crippen molar-refractivity contribution in [3.63, 3.8) is 0 Å². The minimum atomic E-state index is 0.711. The molecule has 9 rings (SSSR count). The highest BCUT2D eigenvalue weighted by molar-refractivity contribution is 6.22. The molecule has 50 heavy (non-hydrogen) atoms. The van der Waals surface area contributed by atoms with Gasteiger partial charge in [0.25, 0.3) is 0 Å². The van der Waals surface area contributed by atoms with Crippen LogP contribution >= 0.6 is 0 Å². The Bertz CT molecular complexity index is 2440. The maximum absolute atomic E-state index is 5.02. The second kappa shape index (κ2) is 12.7. The van der Waals surface area contributed by atoms with Gasteiger partial charge >= 0.3 is 0 Å². The highest BCUT2D eigenvalue weighted by Crippen LogP contribution is 2.45. The van der Waals surface area contributed by atoms with E-state index in [9.17, 15) is 0 Å². The lowest BCUT2D eigenvalue weighted by molar-refractivity contribution is 1.18. The van der Waals surface area contributed by atoms with Crippen molar-refractivity contribution >= 4 is 21.5 Å². The van der Waals surface area contributed by atoms with Crippen LogP contribution in [-0.2, 0) is 0 Å². The summed E-state index contributed by atoms with van der Waals surface area (Å²) in [5.74, 6) is 1.42. The maximum Gasteiger partial charge on any atom is 0.159 e. The van der Waals surface area contributed by atoms with E-state index in [0.717, 1.165) is 44.8 Å². The summed E-state index contributed by atoms with van der Waals surface area (Å²) in [6.45, 7) is 0. The molecule has 0 saturated carbocycles. The predicted octanol–water partition coefficient (Wildman–Crippen LogP) is 11.6. The molecule has 7 aromatic carbocycles. The average molecular weight is 639 g/mol. The number of aromatic nitrogens is 4. The van der Waals surface area contributed by atoms with Gasteiger partial charge in [-0.25, -0.2) is 19.9 Å². The van der Waals surface area contributed by atoms with Gasteiger partial charge in [-0.05, 0) is 68.1 Å². The van der Waals surface area contributed by atoms with E-state index in [1.54, 1.807) is 0 Å². The summed E-state index contributed by atoms with van der Waals surface area (Å²) in [6.07, 6.45) is 3.70. The molecule has 0 spiro atoms. The van der Waals surface area contributed by atoms with Crippen molar-refractivity contribution in [2.24, 2.45) is 0 Å². The number of hydrogen-bond acceptors (Lipinski definition) is 4. The summed E-state index contributed by atoms with van der Waals surface area (Å²) in [4.78, 5) is 19.2. The van der Waals surface area contributed by atoms with Gasteiger partial charge < -0.3 is 0 Å². The van der Waals surface area contributed by atoms with E-state index < -0.39 is 0 Å². The molecule has 2 aromatic heterocycles. The zero-order chi connectivity index (χ0) is 33.3. The maximum atomic E-state index is 5.02. The third-order valence-electron chi connectivity index (χ3n) is 9.21. The van der Waals surface area contributed by atoms with E-state index in [4.69, 9.17) is 9.97 Å². The Labute approximate surface area is 290 Å². The van der Waals surface area contributed by atoms with Gasteiger partial charge in [0.05, 0.1) is 11.4 Å². The van der Waals surface area contributed by atoms with Crippen molar-refractivity contribution in [1.82, 2.24) is 19.9 Å². The van der Waals surface area contributed by atoms with Crippen LogP contribution in [0, 0.1) is 0 Å². The van der Waals surface area contributed by atoms with Gasteiger partial charge in [0.1, 0.15) is 0 Å². The lowest BCUT2D eigenvalue weighted by Crippen LogP contribution is -1.95. The van der Waals surface area contributed by atoms with Crippen LogP contribution in [0.2, 0.25) is 0 Å². The first-order chi connectivity index (χ1) is 24.8. The third kappa shape index (κ3) is 5.39. The Morgan fingerprint density at radius 2 is 0.640 bits per heavy atom. The molecular weight excluding hydrogens is 609 g/mol. The Kier molecular flexibility index (Phi) is 7.45. The van der Waals surface area contributed by atoms with Crippen LogP contribution < -0.4 is 0 Å². The number of rotatable bonds is 6. The van der Waals surface area contributed by atoms with Crippen LogP contribution in [-0.4, -0.2) is 19.9 Å². The predicted molar refractivity (Wildman–Crippen MR) is 205 cm³/mol. The van der Waals surface area contributed by atoms with Gasteiger partial charge in [0, 0.05) is 34.6 Å². The second-order valence-corrected chi connectivity index (χ2v) is 12.3. The monoisotopic (exact) mass is 638 g/mol. The number of nitrogens with zero attached hydrogens (tertiary/aromatic N) is 4. The Morgan fingerprint density at radius 3 is 1.02 bits per heavy atom. The largest absolute Gasteiger partial charge is 0.237 e. The Balaban J connectivity index is 1.31. The van der Waals surface area contributed by atoms with Crippen LogP contribution in [0.1, 0.15) is 0 Å². The van der Waals surface area contributed by atoms with Crippen molar-refractivity contribution in [3.8, 4) is 67.5 Å². The molecule has 0 N–H and O–H groups in total. The third-order valence-corrected chi connectivity index (χ3v) is 9.21. The zero-order valence-electron chi connectivity index (χ0n) is 27.1. The standard InChI is InChI=1S/C46H30N4/c1-5-13-31(14-6-1)43-37-23-21-36(42-26-28-48-46(50-42)34-19-11-4-12-20-34)30-40(37)44(32-15-7-2-8-16-32)38-24-22-35(29-39(38)43)41-25-27-47-45(49-41)33-17-9-3-10-18-33/h1-30H. The smallest absolute Gasteiger partial charge is 0.159 e. The van der Waals surface area contributed by atoms with Crippen LogP contribution in [0.15, 0.2) is 182 Å². The van der Waals surface area contributed by atoms with Gasteiger partial charge in [-0.1, -0.05) is 146 Å². The molecule has 0 aliphatic heterocycles. The summed E-state index contributed by atoms with van der Waals surface area (Å²) in [5.41, 5.74) is 10.5. The average Bonchev–Trinajstić information content (AvgIpc) is 3.21. The molecule has 0 atom stereocenters. The molecule has 2 heterocycles. The topological polar surface area (TPSA) is 51.6 Å². The van der Waals surface area contributed by atoms with Crippen molar-refractivity contribution in [2.75, 3.05) is 0 Å². The normalized spacial score (nSPS) is 11.2. The van der Waals surface area contributed by atoms with Gasteiger partial charge in [0.15, 0.2) is 11.6 Å². The van der Waals surface area contributed by atoms with Gasteiger partial charge in [-0.2, -0.15) is 0 Å². The summed E-state index contributed by atoms with van der Waals surface area (Å²) in [5, 5.41) is 4.68. The van der Waals surface area contributed by atoms with E-state index >= 15 is 0 Å². The lowest BCUT2D eigenvalue weighted by Gasteiger charge is -2.19. The highest BCUT2D eigenvalue weighted by Gasteiger charge is 2.19. The SMILES string of the molecule is c1ccc(-c2nccc(-c3ccc4c(-c5ccccc5)c5cc(-c6ccnc(-c7ccccc7)n6)ccc5c(-c5ccccc5)c4c3)n2)cc1. The first-order valence-corrected chi connectivity index (χ1v) is 16.7. The fourth-order valence-corrected chi connectivity index (χ4v) is 6.87. The van der Waals surface area contributed by atoms with Crippen molar-refractivity contribution in [1.29, 1.82) is 0 Å². The molecule has 0 saturated heterocycles. The van der Waals surface area contributed by atoms with E-state index in [-0.39, 0.29) is 0 Å². The number of benzene rings is 7. The molecule has 4 heteroatoms. The van der Waals surface area contributed by atoms with E-state index in [0.29, 0.717) is 11.6 Å². The van der Waals surface area contributed by atoms with Crippen LogP contribution in [0.25, 0.3) is 89.1 Å². The lowest BCUT2D eigenvalue weighted by atomic mass is 9.84. The van der Waals surface area contributed by atoms with Crippen molar-refractivity contribution < 1.29 is 0 Å². The first kappa shape index (κ1) is 29.4. The fraction of sp³-hybridized carbons (Fsp3) is 0. The molecule has 0 bridgehead atoms. The number of fused-ring (bicyclic) bond motifs is 2. The van der Waals surface area contributed by atoms with Crippen molar-refractivity contribution in [2.45, 2.75) is 0 Å². The molecule has 0 aliphatic carbocycles. The summed E-state index contributed by atoms with van der Waals surface area (Å²) < 4.78 is 0. The van der Waals surface area contributed by atoms with Crippen molar-refractivity contribution in [3.05, 3.63) is 182 Å². The first-order valence-electron chi connectivity index (χ1n) is 16.7. The van der Waals surface area contributed by atoms with E-state index in [1.165, 1.54) is 32.7 Å². The zero-order valence-corrected chi connectivity index (χ0v) is 27.1. The molecule has 9 aromatic rings. The van der Waals surface area contributed by atoms with Gasteiger partial charge in [-0.3, -0.25) is 0 Å². The second-order valence-electron chi connectivity index (χ2n) is 12.3. The van der Waals surface area contributed by atoms with Crippen LogP contribution in [0.5, 0.6) is 0 Å². The number of hydrogen-bond donors (Lipinski definition) is 0. The molecule has 0 radical (unpaired) electrons. The Morgan fingerprint density at radius 1 is 0.280 bits per heavy atom. The fourth-order valence-electron chi connectivity index (χ4n) is 6.87. The Hall–Kier alpha value is -6.78. The minimum Gasteiger partial charge on any atom is -0.237 e. The van der Waals surface area contributed by atoms with Gasteiger partial charge in [0.2, 0.25) is 0 Å². The summed E-state index contributed by atoms with van der Waals surface area (Å²) >= 11 is 0. The summed E-state index contributed by atoms with van der Waals surface area (Å²) in [6, 6.07) is 59.1. The highest BCUT2D eigenvalue weighted by atomic mass is 14.9. The molecular formula is C46H30N4. The molecule has 0 aliphatic rings. The summed E-state index contributed by atoms with van der Waals surface area (Å²) in [7, 11) is 0.